The molecule has 7 nitrogen and oxygen atoms in total. The van der Waals surface area contributed by atoms with Crippen LogP contribution in [-0.2, 0) is 9.59 Å². The summed E-state index contributed by atoms with van der Waals surface area (Å²) in [6.45, 7) is 1.31. The van der Waals surface area contributed by atoms with E-state index in [1.54, 1.807) is 0 Å². The fraction of sp³-hybridized carbons (Fsp3) is 0.333. The molecule has 0 radical (unpaired) electrons. The van der Waals surface area contributed by atoms with Crippen LogP contribution < -0.4 is 15.5 Å². The molecule has 0 spiro atoms. The Balaban J connectivity index is 2.04. The average Bonchev–Trinajstić information content (AvgIpc) is 2.71. The average molecular weight is 462 g/mol. The fourth-order valence-corrected chi connectivity index (χ4v) is 3.27. The number of halogens is 5. The van der Waals surface area contributed by atoms with E-state index in [0.717, 1.165) is 12.1 Å². The van der Waals surface area contributed by atoms with Crippen LogP contribution in [0.3, 0.4) is 0 Å². The molecule has 0 saturated carbocycles. The predicted octanol–water partition coefficient (Wildman–Crippen LogP) is 3.95. The molecule has 1 fully saturated rings. The van der Waals surface area contributed by atoms with Crippen molar-refractivity contribution < 1.29 is 22.8 Å². The first-order chi connectivity index (χ1) is 14.2. The van der Waals surface area contributed by atoms with E-state index in [-0.39, 0.29) is 33.4 Å². The highest BCUT2D eigenvalue weighted by atomic mass is 35.5. The van der Waals surface area contributed by atoms with Crippen LogP contribution in [0.2, 0.25) is 10.2 Å². The number of alkyl halides is 3. The maximum Gasteiger partial charge on any atom is 0.472 e. The molecule has 1 aliphatic heterocycles. The van der Waals surface area contributed by atoms with Gasteiger partial charge in [-0.2, -0.15) is 13.2 Å². The van der Waals surface area contributed by atoms with E-state index in [9.17, 15) is 22.8 Å². The minimum atomic E-state index is -5.22. The highest BCUT2D eigenvalue weighted by Gasteiger charge is 2.45. The van der Waals surface area contributed by atoms with Gasteiger partial charge in [-0.15, -0.1) is 10.2 Å². The number of amides is 2. The van der Waals surface area contributed by atoms with Gasteiger partial charge in [0, 0.05) is 10.9 Å². The topological polar surface area (TPSA) is 87.2 Å². The Morgan fingerprint density at radius 3 is 2.40 bits per heavy atom. The van der Waals surface area contributed by atoms with Crippen molar-refractivity contribution in [1.82, 2.24) is 15.5 Å². The molecule has 30 heavy (non-hydrogen) atoms. The van der Waals surface area contributed by atoms with E-state index in [1.165, 1.54) is 18.2 Å². The van der Waals surface area contributed by atoms with Gasteiger partial charge in [-0.1, -0.05) is 23.2 Å². The van der Waals surface area contributed by atoms with Gasteiger partial charge in [0.2, 0.25) is 5.91 Å². The first kappa shape index (κ1) is 22.3. The fourth-order valence-electron chi connectivity index (χ4n) is 3.01. The van der Waals surface area contributed by atoms with E-state index in [4.69, 9.17) is 23.2 Å². The summed E-state index contributed by atoms with van der Waals surface area (Å²) in [5, 5.41) is 12.8. The lowest BCUT2D eigenvalue weighted by Gasteiger charge is -2.26. The van der Waals surface area contributed by atoms with E-state index in [2.05, 4.69) is 20.8 Å². The van der Waals surface area contributed by atoms with Crippen molar-refractivity contribution >= 4 is 52.2 Å². The first-order valence-electron chi connectivity index (χ1n) is 8.88. The largest absolute Gasteiger partial charge is 0.472 e. The van der Waals surface area contributed by atoms with Crippen LogP contribution in [-0.4, -0.2) is 41.3 Å². The Morgan fingerprint density at radius 2 is 1.80 bits per heavy atom. The molecule has 160 valence electrons. The molecule has 1 aliphatic rings. The Morgan fingerprint density at radius 1 is 1.10 bits per heavy atom. The molecule has 0 aliphatic carbocycles. The number of carbonyl (C=O) groups excluding carboxylic acids is 2. The van der Waals surface area contributed by atoms with Crippen LogP contribution in [0.1, 0.15) is 12.8 Å². The predicted molar refractivity (Wildman–Crippen MR) is 106 cm³/mol. The highest BCUT2D eigenvalue weighted by Crippen LogP contribution is 2.37. The van der Waals surface area contributed by atoms with E-state index in [0.29, 0.717) is 30.8 Å². The first-order valence-corrected chi connectivity index (χ1v) is 9.64. The molecule has 1 aromatic heterocycles. The number of carbonyl (C=O) groups is 2. The molecule has 2 N–H and O–H groups in total. The Hall–Kier alpha value is -2.43. The number of hydrogen-bond acceptors (Lipinski definition) is 5. The quantitative estimate of drug-likeness (QED) is 0.719. The van der Waals surface area contributed by atoms with Crippen molar-refractivity contribution in [1.29, 1.82) is 0 Å². The summed E-state index contributed by atoms with van der Waals surface area (Å²) in [5.41, 5.74) is -0.305. The zero-order valence-electron chi connectivity index (χ0n) is 15.3. The van der Waals surface area contributed by atoms with Gasteiger partial charge in [0.25, 0.3) is 0 Å². The molecule has 1 aromatic carbocycles. The van der Waals surface area contributed by atoms with Crippen molar-refractivity contribution in [2.45, 2.75) is 19.0 Å². The van der Waals surface area contributed by atoms with Gasteiger partial charge < -0.3 is 10.6 Å². The van der Waals surface area contributed by atoms with Crippen LogP contribution in [0.5, 0.6) is 0 Å². The monoisotopic (exact) mass is 461 g/mol. The number of anilines is 3. The smallest absolute Gasteiger partial charge is 0.324 e. The van der Waals surface area contributed by atoms with E-state index in [1.807, 2.05) is 0 Å². The van der Waals surface area contributed by atoms with Crippen molar-refractivity contribution in [3.05, 3.63) is 40.5 Å². The van der Waals surface area contributed by atoms with Gasteiger partial charge in [-0.05, 0) is 56.3 Å². The van der Waals surface area contributed by atoms with E-state index >= 15 is 0 Å². The Kier molecular flexibility index (Phi) is 6.79. The lowest BCUT2D eigenvalue weighted by atomic mass is 9.97. The number of benzene rings is 1. The second kappa shape index (κ2) is 9.15. The third-order valence-corrected chi connectivity index (χ3v) is 4.90. The number of piperidine rings is 1. The van der Waals surface area contributed by atoms with Gasteiger partial charge in [0.05, 0.1) is 11.4 Å². The van der Waals surface area contributed by atoms with Crippen LogP contribution in [0, 0.1) is 5.92 Å². The van der Waals surface area contributed by atoms with Gasteiger partial charge in [0.15, 0.2) is 11.0 Å². The maximum atomic E-state index is 13.3. The number of aromatic nitrogens is 2. The Labute approximate surface area is 179 Å². The normalized spacial score (nSPS) is 15.0. The zero-order valence-corrected chi connectivity index (χ0v) is 16.9. The summed E-state index contributed by atoms with van der Waals surface area (Å²) in [6.07, 6.45) is -4.05. The van der Waals surface area contributed by atoms with Crippen molar-refractivity contribution in [3.63, 3.8) is 0 Å². The van der Waals surface area contributed by atoms with Gasteiger partial charge in [-0.25, -0.2) is 0 Å². The maximum absolute atomic E-state index is 13.3. The summed E-state index contributed by atoms with van der Waals surface area (Å²) in [5.74, 6) is -3.32. The van der Waals surface area contributed by atoms with Crippen LogP contribution in [0.4, 0.5) is 30.4 Å². The molecule has 2 heterocycles. The molecule has 3 rings (SSSR count). The van der Waals surface area contributed by atoms with Crippen LogP contribution >= 0.6 is 23.2 Å². The lowest BCUT2D eigenvalue weighted by Crippen LogP contribution is -2.39. The summed E-state index contributed by atoms with van der Waals surface area (Å²) in [7, 11) is 0. The molecule has 12 heteroatoms. The second-order valence-electron chi connectivity index (χ2n) is 6.53. The zero-order chi connectivity index (χ0) is 21.9. The molecular formula is C18H16Cl2F3N5O2. The standard InChI is InChI=1S/C18H16Cl2F3N5O2/c19-11-1-2-12(25-16(29)10-5-7-24-8-6-10)13(9-11)28(17(30)18(21,22)23)15-4-3-14(20)26-27-15/h1-4,9-10,24H,5-8H2,(H,25,29). The molecule has 0 unspecified atom stereocenters. The summed E-state index contributed by atoms with van der Waals surface area (Å²) < 4.78 is 40.0. The van der Waals surface area contributed by atoms with Crippen LogP contribution in [0.15, 0.2) is 30.3 Å². The third-order valence-electron chi connectivity index (χ3n) is 4.46. The summed E-state index contributed by atoms with van der Waals surface area (Å²) in [4.78, 5) is 25.2. The molecule has 0 bridgehead atoms. The minimum Gasteiger partial charge on any atom is -0.324 e. The van der Waals surface area contributed by atoms with Gasteiger partial charge in [0.1, 0.15) is 0 Å². The minimum absolute atomic E-state index is 0.0164. The molecule has 2 aromatic rings. The molecule has 1 saturated heterocycles. The molecular weight excluding hydrogens is 446 g/mol. The number of rotatable bonds is 4. The Bertz CT molecular complexity index is 934. The highest BCUT2D eigenvalue weighted by molar-refractivity contribution is 6.31. The lowest BCUT2D eigenvalue weighted by molar-refractivity contribution is -0.169. The SMILES string of the molecule is O=C(Nc1ccc(Cl)cc1N(C(=O)C(F)(F)F)c1ccc(Cl)nn1)C1CCNCC1. The number of hydrogen-bond donors (Lipinski definition) is 2. The van der Waals surface area contributed by atoms with Crippen LogP contribution in [0.25, 0.3) is 0 Å². The van der Waals surface area contributed by atoms with Crippen molar-refractivity contribution in [2.75, 3.05) is 23.3 Å². The van der Waals surface area contributed by atoms with Crippen molar-refractivity contribution in [3.8, 4) is 0 Å². The summed E-state index contributed by atoms with van der Waals surface area (Å²) >= 11 is 11.6. The van der Waals surface area contributed by atoms with Gasteiger partial charge in [-0.3, -0.25) is 14.5 Å². The van der Waals surface area contributed by atoms with Crippen molar-refractivity contribution in [2.24, 2.45) is 5.92 Å². The second-order valence-corrected chi connectivity index (χ2v) is 7.35. The third kappa shape index (κ3) is 5.18. The van der Waals surface area contributed by atoms with Gasteiger partial charge >= 0.3 is 12.1 Å². The number of nitrogens with zero attached hydrogens (tertiary/aromatic N) is 3. The molecule has 2 amide bonds. The molecule has 0 atom stereocenters. The number of nitrogens with one attached hydrogen (secondary N) is 2. The summed E-state index contributed by atoms with van der Waals surface area (Å²) in [6, 6.07) is 6.17. The van der Waals surface area contributed by atoms with E-state index < -0.39 is 17.9 Å².